The highest BCUT2D eigenvalue weighted by molar-refractivity contribution is 5.93. The van der Waals surface area contributed by atoms with Gasteiger partial charge in [0, 0.05) is 11.8 Å². The summed E-state index contributed by atoms with van der Waals surface area (Å²) in [5.74, 6) is -0.666. The zero-order valence-corrected chi connectivity index (χ0v) is 13.5. The Morgan fingerprint density at radius 1 is 1.31 bits per heavy atom. The molecule has 2 aromatic rings. The lowest BCUT2D eigenvalue weighted by Gasteiger charge is -2.16. The number of nitrogens with one attached hydrogen (secondary N) is 1. The van der Waals surface area contributed by atoms with Crippen molar-refractivity contribution in [2.75, 3.05) is 13.2 Å². The Bertz CT molecular complexity index is 868. The van der Waals surface area contributed by atoms with Gasteiger partial charge in [0.1, 0.15) is 24.0 Å². The van der Waals surface area contributed by atoms with Crippen LogP contribution < -0.4 is 5.32 Å². The molecule has 0 spiro atoms. The Morgan fingerprint density at radius 3 is 2.77 bits per heavy atom. The molecule has 4 heterocycles. The number of fused-ring (bicyclic) bond motifs is 2. The molecule has 2 aliphatic heterocycles. The summed E-state index contributed by atoms with van der Waals surface area (Å²) in [6, 6.07) is 1.53. The van der Waals surface area contributed by atoms with Gasteiger partial charge < -0.3 is 19.9 Å². The summed E-state index contributed by atoms with van der Waals surface area (Å²) in [7, 11) is 0. The van der Waals surface area contributed by atoms with E-state index in [2.05, 4.69) is 15.4 Å². The Kier molecular flexibility index (Phi) is 3.90. The standard InChI is InChI=1S/C15H15F3N4O4/c1-6-2-10(15(16,17)18)22-11(19-6)3-7(21-22)14(24)20-8-4-25-13-9(23)5-26-12(8)13/h2-3,8-9,12-13,23H,4-5H2,1H3,(H,20,24)/t8-,9-,12-,13-/m1/s1. The predicted octanol–water partition coefficient (Wildman–Crippen LogP) is 0.313. The number of carbonyl (C=O) groups is 1. The van der Waals surface area contributed by atoms with Crippen LogP contribution in [0.1, 0.15) is 21.9 Å². The smallest absolute Gasteiger partial charge is 0.388 e. The molecule has 2 N–H and O–H groups in total. The normalized spacial score (nSPS) is 28.5. The number of nitrogens with zero attached hydrogens (tertiary/aromatic N) is 3. The van der Waals surface area contributed by atoms with Gasteiger partial charge in [-0.2, -0.15) is 18.3 Å². The van der Waals surface area contributed by atoms with E-state index in [-0.39, 0.29) is 30.2 Å². The van der Waals surface area contributed by atoms with Gasteiger partial charge in [0.15, 0.2) is 11.3 Å². The van der Waals surface area contributed by atoms with Crippen LogP contribution >= 0.6 is 0 Å². The second kappa shape index (κ2) is 5.89. The number of carbonyl (C=O) groups excluding carboxylic acids is 1. The Balaban J connectivity index is 1.60. The molecule has 0 radical (unpaired) electrons. The van der Waals surface area contributed by atoms with Gasteiger partial charge in [-0.1, -0.05) is 0 Å². The quantitative estimate of drug-likeness (QED) is 0.788. The lowest BCUT2D eigenvalue weighted by atomic mass is 10.1. The van der Waals surface area contributed by atoms with Crippen molar-refractivity contribution in [3.63, 3.8) is 0 Å². The van der Waals surface area contributed by atoms with E-state index in [1.807, 2.05) is 0 Å². The van der Waals surface area contributed by atoms with Crippen LogP contribution in [0, 0.1) is 6.92 Å². The SMILES string of the molecule is Cc1cc(C(F)(F)F)n2nc(C(=O)N[C@@H]3CO[C@H]4[C@@H]3OC[C@H]4O)cc2n1. The molecule has 1 amide bonds. The van der Waals surface area contributed by atoms with Gasteiger partial charge in [0.05, 0.1) is 19.3 Å². The third kappa shape index (κ3) is 2.81. The fraction of sp³-hybridized carbons (Fsp3) is 0.533. The number of ether oxygens (including phenoxy) is 2. The predicted molar refractivity (Wildman–Crippen MR) is 79.5 cm³/mol. The molecule has 0 bridgehead atoms. The molecule has 2 aromatic heterocycles. The molecule has 11 heteroatoms. The lowest BCUT2D eigenvalue weighted by Crippen LogP contribution is -2.44. The van der Waals surface area contributed by atoms with Crippen LogP contribution in [0.15, 0.2) is 12.1 Å². The maximum absolute atomic E-state index is 13.2. The molecule has 8 nitrogen and oxygen atoms in total. The summed E-state index contributed by atoms with van der Waals surface area (Å²) in [5.41, 5.74) is -1.12. The van der Waals surface area contributed by atoms with E-state index in [0.29, 0.717) is 4.52 Å². The molecule has 2 saturated heterocycles. The third-order valence-electron chi connectivity index (χ3n) is 4.42. The molecule has 0 saturated carbocycles. The number of rotatable bonds is 2. The summed E-state index contributed by atoms with van der Waals surface area (Å²) in [4.78, 5) is 16.4. The van der Waals surface area contributed by atoms with Gasteiger partial charge in [-0.3, -0.25) is 4.79 Å². The second-order valence-corrected chi connectivity index (χ2v) is 6.32. The van der Waals surface area contributed by atoms with Crippen LogP contribution in [0.25, 0.3) is 5.65 Å². The second-order valence-electron chi connectivity index (χ2n) is 6.32. The Labute approximate surface area is 144 Å². The van der Waals surface area contributed by atoms with Crippen molar-refractivity contribution < 1.29 is 32.5 Å². The van der Waals surface area contributed by atoms with E-state index in [9.17, 15) is 23.1 Å². The minimum atomic E-state index is -4.63. The number of halogens is 3. The van der Waals surface area contributed by atoms with E-state index >= 15 is 0 Å². The van der Waals surface area contributed by atoms with Crippen molar-refractivity contribution in [3.05, 3.63) is 29.2 Å². The lowest BCUT2D eigenvalue weighted by molar-refractivity contribution is -0.142. The van der Waals surface area contributed by atoms with E-state index in [1.54, 1.807) is 0 Å². The third-order valence-corrected chi connectivity index (χ3v) is 4.42. The van der Waals surface area contributed by atoms with Crippen molar-refractivity contribution in [1.82, 2.24) is 19.9 Å². The van der Waals surface area contributed by atoms with Crippen molar-refractivity contribution in [2.24, 2.45) is 0 Å². The topological polar surface area (TPSA) is 98.0 Å². The summed E-state index contributed by atoms with van der Waals surface area (Å²) in [6.45, 7) is 1.67. The first-order chi connectivity index (χ1) is 12.2. The number of amides is 1. The average molecular weight is 372 g/mol. The van der Waals surface area contributed by atoms with Gasteiger partial charge in [-0.15, -0.1) is 0 Å². The number of hydrogen-bond donors (Lipinski definition) is 2. The van der Waals surface area contributed by atoms with Crippen LogP contribution in [-0.4, -0.2) is 63.2 Å². The first-order valence-electron chi connectivity index (χ1n) is 7.91. The molecule has 0 unspecified atom stereocenters. The van der Waals surface area contributed by atoms with Crippen molar-refractivity contribution in [3.8, 4) is 0 Å². The zero-order valence-electron chi connectivity index (χ0n) is 13.5. The fourth-order valence-electron chi connectivity index (χ4n) is 3.26. The van der Waals surface area contributed by atoms with E-state index in [1.165, 1.54) is 13.0 Å². The summed E-state index contributed by atoms with van der Waals surface area (Å²) in [6.07, 6.45) is -6.43. The number of aromatic nitrogens is 3. The van der Waals surface area contributed by atoms with Crippen LogP contribution in [0.2, 0.25) is 0 Å². The molecular formula is C15H15F3N4O4. The highest BCUT2D eigenvalue weighted by atomic mass is 19.4. The monoisotopic (exact) mass is 372 g/mol. The van der Waals surface area contributed by atoms with Crippen LogP contribution in [0.5, 0.6) is 0 Å². The number of aliphatic hydroxyl groups is 1. The first kappa shape index (κ1) is 17.2. The van der Waals surface area contributed by atoms with E-state index in [0.717, 1.165) is 6.07 Å². The van der Waals surface area contributed by atoms with Crippen LogP contribution in [-0.2, 0) is 15.7 Å². The molecule has 0 aliphatic carbocycles. The first-order valence-corrected chi connectivity index (χ1v) is 7.91. The highest BCUT2D eigenvalue weighted by Crippen LogP contribution is 2.30. The van der Waals surface area contributed by atoms with Gasteiger partial charge in [-0.05, 0) is 13.0 Å². The number of aryl methyl sites for hydroxylation is 1. The summed E-state index contributed by atoms with van der Waals surface area (Å²) < 4.78 is 50.9. The van der Waals surface area contributed by atoms with Crippen LogP contribution in [0.4, 0.5) is 13.2 Å². The minimum absolute atomic E-state index is 0.0736. The van der Waals surface area contributed by atoms with Gasteiger partial charge in [0.25, 0.3) is 5.91 Å². The fourth-order valence-corrected chi connectivity index (χ4v) is 3.26. The molecule has 4 rings (SSSR count). The van der Waals surface area contributed by atoms with E-state index in [4.69, 9.17) is 9.47 Å². The van der Waals surface area contributed by atoms with Crippen molar-refractivity contribution >= 4 is 11.6 Å². The molecule has 26 heavy (non-hydrogen) atoms. The Morgan fingerprint density at radius 2 is 2.04 bits per heavy atom. The summed E-state index contributed by atoms with van der Waals surface area (Å²) >= 11 is 0. The maximum atomic E-state index is 13.2. The minimum Gasteiger partial charge on any atom is -0.388 e. The van der Waals surface area contributed by atoms with Gasteiger partial charge >= 0.3 is 6.18 Å². The molecule has 2 fully saturated rings. The average Bonchev–Trinajstić information content (AvgIpc) is 3.23. The Hall–Kier alpha value is -2.24. The molecule has 140 valence electrons. The molecule has 2 aliphatic rings. The number of alkyl halides is 3. The van der Waals surface area contributed by atoms with Crippen LogP contribution in [0.3, 0.4) is 0 Å². The molecule has 4 atom stereocenters. The highest BCUT2D eigenvalue weighted by Gasteiger charge is 2.47. The molecular weight excluding hydrogens is 357 g/mol. The molecule has 0 aromatic carbocycles. The van der Waals surface area contributed by atoms with Gasteiger partial charge in [0.2, 0.25) is 0 Å². The largest absolute Gasteiger partial charge is 0.433 e. The van der Waals surface area contributed by atoms with Crippen molar-refractivity contribution in [1.29, 1.82) is 0 Å². The van der Waals surface area contributed by atoms with Crippen molar-refractivity contribution in [2.45, 2.75) is 37.5 Å². The maximum Gasteiger partial charge on any atom is 0.433 e. The number of aliphatic hydroxyl groups excluding tert-OH is 1. The van der Waals surface area contributed by atoms with E-state index < -0.39 is 42.1 Å². The number of hydrogen-bond acceptors (Lipinski definition) is 6. The zero-order chi connectivity index (χ0) is 18.6. The summed E-state index contributed by atoms with van der Waals surface area (Å²) in [5, 5.41) is 16.1. The van der Waals surface area contributed by atoms with Gasteiger partial charge in [-0.25, -0.2) is 9.50 Å².